The number of aryl methyl sites for hydroxylation is 1. The third-order valence-corrected chi connectivity index (χ3v) is 4.25. The van der Waals surface area contributed by atoms with Crippen molar-refractivity contribution in [2.24, 2.45) is 5.92 Å². The third-order valence-electron chi connectivity index (χ3n) is 4.25. The van der Waals surface area contributed by atoms with Crippen molar-refractivity contribution in [1.82, 2.24) is 0 Å². The van der Waals surface area contributed by atoms with Gasteiger partial charge in [0.15, 0.2) is 0 Å². The first kappa shape index (κ1) is 15.3. The lowest BCUT2D eigenvalue weighted by atomic mass is 9.85. The van der Waals surface area contributed by atoms with E-state index in [1.54, 1.807) is 12.1 Å². The maximum absolute atomic E-state index is 12.2. The molecular weight excluding hydrogens is 288 g/mol. The maximum Gasteiger partial charge on any atom is 0.255 e. The highest BCUT2D eigenvalue weighted by Crippen LogP contribution is 2.28. The molecule has 1 aliphatic rings. The van der Waals surface area contributed by atoms with Crippen LogP contribution >= 0.6 is 0 Å². The summed E-state index contributed by atoms with van der Waals surface area (Å²) in [7, 11) is 0. The first-order valence-corrected chi connectivity index (χ1v) is 7.91. The zero-order valence-corrected chi connectivity index (χ0v) is 13.1. The number of carbonyl (C=O) groups excluding carboxylic acids is 2. The fourth-order valence-corrected chi connectivity index (χ4v) is 2.58. The van der Waals surface area contributed by atoms with E-state index in [1.807, 2.05) is 43.3 Å². The molecule has 0 spiro atoms. The summed E-state index contributed by atoms with van der Waals surface area (Å²) >= 11 is 0. The molecule has 0 atom stereocenters. The quantitative estimate of drug-likeness (QED) is 0.897. The fourth-order valence-electron chi connectivity index (χ4n) is 2.58. The summed E-state index contributed by atoms with van der Waals surface area (Å²) in [6, 6.07) is 14.6. The second-order valence-electron chi connectivity index (χ2n) is 5.97. The van der Waals surface area contributed by atoms with E-state index in [0.717, 1.165) is 36.2 Å². The standard InChI is InChI=1S/C19H20N2O2/c1-13-12-16(20-18(22)15-8-5-9-15)10-11-17(13)21-19(23)14-6-3-2-4-7-14/h2-4,6-7,10-12,15H,5,8-9H2,1H3,(H,20,22)(H,21,23). The van der Waals surface area contributed by atoms with Gasteiger partial charge in [-0.15, -0.1) is 0 Å². The zero-order valence-electron chi connectivity index (χ0n) is 13.1. The molecule has 2 N–H and O–H groups in total. The number of amides is 2. The Balaban J connectivity index is 1.67. The molecule has 0 saturated heterocycles. The Morgan fingerprint density at radius 3 is 2.35 bits per heavy atom. The number of benzene rings is 2. The number of nitrogens with one attached hydrogen (secondary N) is 2. The van der Waals surface area contributed by atoms with Gasteiger partial charge in [0.05, 0.1) is 0 Å². The lowest BCUT2D eigenvalue weighted by Gasteiger charge is -2.24. The van der Waals surface area contributed by atoms with Gasteiger partial charge in [0.2, 0.25) is 5.91 Å². The van der Waals surface area contributed by atoms with Crippen molar-refractivity contribution < 1.29 is 9.59 Å². The van der Waals surface area contributed by atoms with Crippen molar-refractivity contribution >= 4 is 23.2 Å². The van der Waals surface area contributed by atoms with Gasteiger partial charge < -0.3 is 10.6 Å². The van der Waals surface area contributed by atoms with Gasteiger partial charge in [0.1, 0.15) is 0 Å². The fraction of sp³-hybridized carbons (Fsp3) is 0.263. The predicted molar refractivity (Wildman–Crippen MR) is 91.5 cm³/mol. The van der Waals surface area contributed by atoms with Crippen LogP contribution in [0.4, 0.5) is 11.4 Å². The number of hydrogen-bond donors (Lipinski definition) is 2. The second-order valence-corrected chi connectivity index (χ2v) is 5.97. The molecule has 0 bridgehead atoms. The van der Waals surface area contributed by atoms with Crippen molar-refractivity contribution in [3.05, 3.63) is 59.7 Å². The van der Waals surface area contributed by atoms with Crippen LogP contribution in [0.3, 0.4) is 0 Å². The summed E-state index contributed by atoms with van der Waals surface area (Å²) in [6.45, 7) is 1.92. The number of anilines is 2. The van der Waals surface area contributed by atoms with E-state index >= 15 is 0 Å². The Bertz CT molecular complexity index is 721. The van der Waals surface area contributed by atoms with Crippen molar-refractivity contribution in [3.8, 4) is 0 Å². The topological polar surface area (TPSA) is 58.2 Å². The van der Waals surface area contributed by atoms with Crippen molar-refractivity contribution in [1.29, 1.82) is 0 Å². The van der Waals surface area contributed by atoms with Gasteiger partial charge in [-0.05, 0) is 55.7 Å². The highest BCUT2D eigenvalue weighted by Gasteiger charge is 2.25. The van der Waals surface area contributed by atoms with Gasteiger partial charge in [-0.2, -0.15) is 0 Å². The Kier molecular flexibility index (Phi) is 4.42. The molecule has 4 heteroatoms. The minimum atomic E-state index is -0.139. The number of carbonyl (C=O) groups is 2. The Labute approximate surface area is 135 Å². The van der Waals surface area contributed by atoms with Crippen LogP contribution in [0.15, 0.2) is 48.5 Å². The zero-order chi connectivity index (χ0) is 16.2. The molecule has 1 saturated carbocycles. The average Bonchev–Trinajstić information content (AvgIpc) is 2.49. The normalized spacial score (nSPS) is 14.0. The van der Waals surface area contributed by atoms with Gasteiger partial charge in [-0.1, -0.05) is 24.6 Å². The molecule has 1 fully saturated rings. The minimum absolute atomic E-state index is 0.0942. The minimum Gasteiger partial charge on any atom is -0.326 e. The number of rotatable bonds is 4. The van der Waals surface area contributed by atoms with E-state index in [9.17, 15) is 9.59 Å². The van der Waals surface area contributed by atoms with E-state index in [0.29, 0.717) is 5.56 Å². The lowest BCUT2D eigenvalue weighted by Crippen LogP contribution is -2.28. The molecule has 2 aromatic rings. The van der Waals surface area contributed by atoms with E-state index < -0.39 is 0 Å². The largest absolute Gasteiger partial charge is 0.326 e. The monoisotopic (exact) mass is 308 g/mol. The van der Waals surface area contributed by atoms with E-state index in [4.69, 9.17) is 0 Å². The molecular formula is C19H20N2O2. The van der Waals surface area contributed by atoms with Crippen LogP contribution in [-0.4, -0.2) is 11.8 Å². The third kappa shape index (κ3) is 3.59. The molecule has 0 unspecified atom stereocenters. The van der Waals surface area contributed by atoms with E-state index in [2.05, 4.69) is 10.6 Å². The van der Waals surface area contributed by atoms with Crippen LogP contribution in [0.1, 0.15) is 35.2 Å². The van der Waals surface area contributed by atoms with Crippen LogP contribution in [0.2, 0.25) is 0 Å². The molecule has 2 aromatic carbocycles. The van der Waals surface area contributed by atoms with Crippen molar-refractivity contribution in [2.75, 3.05) is 10.6 Å². The highest BCUT2D eigenvalue weighted by atomic mass is 16.2. The predicted octanol–water partition coefficient (Wildman–Crippen LogP) is 3.99. The van der Waals surface area contributed by atoms with Crippen LogP contribution in [0, 0.1) is 12.8 Å². The molecule has 2 amide bonds. The highest BCUT2D eigenvalue weighted by molar-refractivity contribution is 6.04. The SMILES string of the molecule is Cc1cc(NC(=O)C2CCC2)ccc1NC(=O)c1ccccc1. The molecule has 118 valence electrons. The number of hydrogen-bond acceptors (Lipinski definition) is 2. The van der Waals surface area contributed by atoms with E-state index in [1.165, 1.54) is 0 Å². The van der Waals surface area contributed by atoms with Crippen LogP contribution < -0.4 is 10.6 Å². The summed E-state index contributed by atoms with van der Waals surface area (Å²) in [5.41, 5.74) is 3.06. The molecule has 1 aliphatic carbocycles. The van der Waals surface area contributed by atoms with E-state index in [-0.39, 0.29) is 17.7 Å². The summed E-state index contributed by atoms with van der Waals surface area (Å²) in [4.78, 5) is 24.2. The van der Waals surface area contributed by atoms with Gasteiger partial charge in [0.25, 0.3) is 5.91 Å². The first-order valence-electron chi connectivity index (χ1n) is 7.91. The summed E-state index contributed by atoms with van der Waals surface area (Å²) in [6.07, 6.45) is 3.10. The molecule has 4 nitrogen and oxygen atoms in total. The van der Waals surface area contributed by atoms with Crippen LogP contribution in [0.5, 0.6) is 0 Å². The van der Waals surface area contributed by atoms with Gasteiger partial charge >= 0.3 is 0 Å². The lowest BCUT2D eigenvalue weighted by molar-refractivity contribution is -0.122. The van der Waals surface area contributed by atoms with Crippen molar-refractivity contribution in [3.63, 3.8) is 0 Å². The first-order chi connectivity index (χ1) is 11.1. The molecule has 0 aliphatic heterocycles. The summed E-state index contributed by atoms with van der Waals surface area (Å²) < 4.78 is 0. The Morgan fingerprint density at radius 2 is 1.74 bits per heavy atom. The molecule has 3 rings (SSSR count). The summed E-state index contributed by atoms with van der Waals surface area (Å²) in [5, 5.41) is 5.85. The molecule has 0 radical (unpaired) electrons. The van der Waals surface area contributed by atoms with Gasteiger partial charge in [-0.25, -0.2) is 0 Å². The maximum atomic E-state index is 12.2. The second kappa shape index (κ2) is 6.65. The van der Waals surface area contributed by atoms with Crippen LogP contribution in [-0.2, 0) is 4.79 Å². The molecule has 0 aromatic heterocycles. The Morgan fingerprint density at radius 1 is 1.00 bits per heavy atom. The van der Waals surface area contributed by atoms with Crippen LogP contribution in [0.25, 0.3) is 0 Å². The summed E-state index contributed by atoms with van der Waals surface area (Å²) in [5.74, 6) is 0.115. The molecule has 0 heterocycles. The van der Waals surface area contributed by atoms with Gasteiger partial charge in [0, 0.05) is 22.9 Å². The average molecular weight is 308 g/mol. The van der Waals surface area contributed by atoms with Gasteiger partial charge in [-0.3, -0.25) is 9.59 Å². The Hall–Kier alpha value is -2.62. The molecule has 23 heavy (non-hydrogen) atoms. The van der Waals surface area contributed by atoms with Crippen molar-refractivity contribution in [2.45, 2.75) is 26.2 Å². The smallest absolute Gasteiger partial charge is 0.255 e.